The van der Waals surface area contributed by atoms with Crippen LogP contribution in [0.3, 0.4) is 0 Å². The summed E-state index contributed by atoms with van der Waals surface area (Å²) in [6.07, 6.45) is 39.5. The molecule has 9 heteroatoms. The molecule has 6 unspecified atom stereocenters. The first-order valence-corrected chi connectivity index (χ1v) is 21.9. The van der Waals surface area contributed by atoms with Gasteiger partial charge >= 0.3 is 5.97 Å². The minimum atomic E-state index is -1.54. The fourth-order valence-corrected chi connectivity index (χ4v) is 6.23. The standard InChI is InChI=1S/C46H80O9/c1-3-5-7-9-11-13-15-17-19-20-21-22-24-26-28-30-32-34-36-52-38-40(39-53-46-45(51)44(50)43(49)41(37-47)55-46)54-42(48)35-33-31-29-27-25-23-18-16-14-12-10-8-6-4-2/h5,7,10-13,16-19,40-41,43-47,49-51H,3-4,6,8-9,14-15,20-39H2,1-2H3/b7-5-,12-10-,13-11-,18-16-,19-17-. The highest BCUT2D eigenvalue weighted by Gasteiger charge is 2.44. The normalized spacial score (nSPS) is 21.3. The number of hydrogen-bond donors (Lipinski definition) is 4. The van der Waals surface area contributed by atoms with E-state index >= 15 is 0 Å². The van der Waals surface area contributed by atoms with E-state index in [4.69, 9.17) is 18.9 Å². The Morgan fingerprint density at radius 2 is 1.11 bits per heavy atom. The Labute approximate surface area is 335 Å². The summed E-state index contributed by atoms with van der Waals surface area (Å²) in [4.78, 5) is 12.7. The average molecular weight is 777 g/mol. The van der Waals surface area contributed by atoms with Crippen LogP contribution in [0.15, 0.2) is 60.8 Å². The molecule has 1 heterocycles. The van der Waals surface area contributed by atoms with Crippen LogP contribution in [0.5, 0.6) is 0 Å². The summed E-state index contributed by atoms with van der Waals surface area (Å²) in [5.41, 5.74) is 0. The third-order valence-corrected chi connectivity index (χ3v) is 9.67. The molecule has 0 aromatic rings. The number of allylic oxidation sites excluding steroid dienone is 10. The summed E-state index contributed by atoms with van der Waals surface area (Å²) in [6, 6.07) is 0. The highest BCUT2D eigenvalue weighted by atomic mass is 16.7. The molecule has 0 saturated carbocycles. The Morgan fingerprint density at radius 1 is 0.600 bits per heavy atom. The van der Waals surface area contributed by atoms with Crippen molar-refractivity contribution in [2.24, 2.45) is 0 Å². The second-order valence-corrected chi connectivity index (χ2v) is 14.8. The van der Waals surface area contributed by atoms with Gasteiger partial charge in [0.15, 0.2) is 6.29 Å². The van der Waals surface area contributed by atoms with Crippen LogP contribution in [0.2, 0.25) is 0 Å². The number of carbonyl (C=O) groups is 1. The fraction of sp³-hybridized carbons (Fsp3) is 0.761. The SMILES string of the molecule is CC/C=C\C/C=C\C/C=C\CCCCCCCCCCOCC(COC1OC(CO)C(O)C(O)C1O)OC(=O)CCCCCCC/C=C\C/C=C\CCCC. The number of esters is 1. The number of unbranched alkanes of at least 4 members (excludes halogenated alkanes) is 15. The van der Waals surface area contributed by atoms with E-state index in [1.807, 2.05) is 0 Å². The number of ether oxygens (including phenoxy) is 4. The topological polar surface area (TPSA) is 135 Å². The lowest BCUT2D eigenvalue weighted by molar-refractivity contribution is -0.305. The molecular weight excluding hydrogens is 696 g/mol. The smallest absolute Gasteiger partial charge is 0.306 e. The van der Waals surface area contributed by atoms with Gasteiger partial charge in [0.2, 0.25) is 0 Å². The van der Waals surface area contributed by atoms with Crippen LogP contribution in [-0.2, 0) is 23.7 Å². The lowest BCUT2D eigenvalue weighted by Gasteiger charge is -2.39. The van der Waals surface area contributed by atoms with Gasteiger partial charge in [-0.25, -0.2) is 0 Å². The number of carbonyl (C=O) groups excluding carboxylic acids is 1. The van der Waals surface area contributed by atoms with Gasteiger partial charge in [0.25, 0.3) is 0 Å². The van der Waals surface area contributed by atoms with E-state index in [9.17, 15) is 25.2 Å². The van der Waals surface area contributed by atoms with Gasteiger partial charge in [-0.2, -0.15) is 0 Å². The highest BCUT2D eigenvalue weighted by molar-refractivity contribution is 5.69. The van der Waals surface area contributed by atoms with Crippen LogP contribution in [-0.4, -0.2) is 89.6 Å². The molecule has 6 atom stereocenters. The predicted octanol–water partition coefficient (Wildman–Crippen LogP) is 9.52. The van der Waals surface area contributed by atoms with Gasteiger partial charge in [0.05, 0.1) is 19.8 Å². The van der Waals surface area contributed by atoms with Gasteiger partial charge in [-0.05, 0) is 70.6 Å². The van der Waals surface area contributed by atoms with E-state index < -0.39 is 43.4 Å². The second kappa shape index (κ2) is 37.5. The van der Waals surface area contributed by atoms with Crippen molar-refractivity contribution in [3.63, 3.8) is 0 Å². The van der Waals surface area contributed by atoms with E-state index in [0.29, 0.717) is 13.0 Å². The van der Waals surface area contributed by atoms with Crippen molar-refractivity contribution in [1.29, 1.82) is 0 Å². The van der Waals surface area contributed by atoms with Gasteiger partial charge < -0.3 is 39.4 Å². The minimum absolute atomic E-state index is 0.125. The molecule has 0 bridgehead atoms. The van der Waals surface area contributed by atoms with Crippen LogP contribution in [0.4, 0.5) is 0 Å². The number of rotatable bonds is 36. The zero-order valence-electron chi connectivity index (χ0n) is 34.7. The molecule has 1 fully saturated rings. The molecule has 0 spiro atoms. The highest BCUT2D eigenvalue weighted by Crippen LogP contribution is 2.22. The van der Waals surface area contributed by atoms with E-state index in [1.165, 1.54) is 51.4 Å². The lowest BCUT2D eigenvalue weighted by Crippen LogP contribution is -2.59. The van der Waals surface area contributed by atoms with E-state index in [0.717, 1.165) is 89.9 Å². The number of aliphatic hydroxyl groups is 4. The maximum atomic E-state index is 12.7. The fourth-order valence-electron chi connectivity index (χ4n) is 6.23. The maximum absolute atomic E-state index is 12.7. The molecule has 1 aliphatic heterocycles. The Hall–Kier alpha value is -2.11. The van der Waals surface area contributed by atoms with Gasteiger partial charge in [-0.1, -0.05) is 145 Å². The average Bonchev–Trinajstić information content (AvgIpc) is 3.18. The quantitative estimate of drug-likeness (QED) is 0.0279. The van der Waals surface area contributed by atoms with Gasteiger partial charge in [0.1, 0.15) is 30.5 Å². The number of hydrogen-bond acceptors (Lipinski definition) is 9. The van der Waals surface area contributed by atoms with Gasteiger partial charge in [-0.3, -0.25) is 4.79 Å². The molecule has 1 rings (SSSR count). The van der Waals surface area contributed by atoms with Crippen LogP contribution >= 0.6 is 0 Å². The van der Waals surface area contributed by atoms with Gasteiger partial charge in [0, 0.05) is 13.0 Å². The third-order valence-electron chi connectivity index (χ3n) is 9.67. The summed E-state index contributed by atoms with van der Waals surface area (Å²) >= 11 is 0. The summed E-state index contributed by atoms with van der Waals surface area (Å²) in [5.74, 6) is -0.333. The molecule has 1 saturated heterocycles. The largest absolute Gasteiger partial charge is 0.457 e. The Kier molecular flexibility index (Phi) is 34.7. The molecule has 318 valence electrons. The number of aliphatic hydroxyl groups excluding tert-OH is 4. The zero-order chi connectivity index (χ0) is 40.0. The molecule has 0 radical (unpaired) electrons. The molecule has 4 N–H and O–H groups in total. The summed E-state index contributed by atoms with van der Waals surface area (Å²) < 4.78 is 22.8. The molecule has 9 nitrogen and oxygen atoms in total. The van der Waals surface area contributed by atoms with Gasteiger partial charge in [-0.15, -0.1) is 0 Å². The molecule has 0 aromatic carbocycles. The Balaban J connectivity index is 2.29. The van der Waals surface area contributed by atoms with Crippen LogP contribution in [0, 0.1) is 0 Å². The lowest BCUT2D eigenvalue weighted by atomic mass is 9.99. The monoisotopic (exact) mass is 777 g/mol. The van der Waals surface area contributed by atoms with Crippen molar-refractivity contribution < 1.29 is 44.2 Å². The molecule has 1 aliphatic rings. The molecule has 0 aliphatic carbocycles. The zero-order valence-corrected chi connectivity index (χ0v) is 34.7. The van der Waals surface area contributed by atoms with Crippen molar-refractivity contribution in [1.82, 2.24) is 0 Å². The predicted molar refractivity (Wildman–Crippen MR) is 224 cm³/mol. The van der Waals surface area contributed by atoms with Crippen molar-refractivity contribution in [3.05, 3.63) is 60.8 Å². The maximum Gasteiger partial charge on any atom is 0.306 e. The summed E-state index contributed by atoms with van der Waals surface area (Å²) in [5, 5.41) is 40.1. The molecule has 0 aromatic heterocycles. The van der Waals surface area contributed by atoms with Crippen LogP contribution in [0.25, 0.3) is 0 Å². The first-order valence-electron chi connectivity index (χ1n) is 21.9. The Bertz CT molecular complexity index is 1020. The Morgan fingerprint density at radius 3 is 1.67 bits per heavy atom. The van der Waals surface area contributed by atoms with Crippen molar-refractivity contribution >= 4 is 5.97 Å². The van der Waals surface area contributed by atoms with Crippen LogP contribution < -0.4 is 0 Å². The van der Waals surface area contributed by atoms with E-state index in [-0.39, 0.29) is 19.2 Å². The summed E-state index contributed by atoms with van der Waals surface area (Å²) in [6.45, 7) is 4.36. The van der Waals surface area contributed by atoms with Crippen molar-refractivity contribution in [3.8, 4) is 0 Å². The van der Waals surface area contributed by atoms with Crippen molar-refractivity contribution in [2.75, 3.05) is 26.4 Å². The summed E-state index contributed by atoms with van der Waals surface area (Å²) in [7, 11) is 0. The third kappa shape index (κ3) is 28.9. The molecule has 55 heavy (non-hydrogen) atoms. The first-order chi connectivity index (χ1) is 26.9. The molecule has 0 amide bonds. The minimum Gasteiger partial charge on any atom is -0.457 e. The van der Waals surface area contributed by atoms with E-state index in [2.05, 4.69) is 74.6 Å². The van der Waals surface area contributed by atoms with E-state index in [1.54, 1.807) is 0 Å². The first kappa shape index (κ1) is 50.9. The van der Waals surface area contributed by atoms with Crippen LogP contribution in [0.1, 0.15) is 162 Å². The molecular formula is C46H80O9. The van der Waals surface area contributed by atoms with Crippen molar-refractivity contribution in [2.45, 2.75) is 198 Å². The second-order valence-electron chi connectivity index (χ2n) is 14.8.